The second-order valence-electron chi connectivity index (χ2n) is 2.69. The van der Waals surface area contributed by atoms with Gasteiger partial charge in [0, 0.05) is 13.2 Å². The molecule has 1 N–H and O–H groups in total. The van der Waals surface area contributed by atoms with Crippen LogP contribution < -0.4 is 5.32 Å². The third-order valence-corrected chi connectivity index (χ3v) is 1.53. The van der Waals surface area contributed by atoms with Crippen LogP contribution in [0.3, 0.4) is 0 Å². The van der Waals surface area contributed by atoms with Crippen molar-refractivity contribution in [1.29, 1.82) is 0 Å². The average molecular weight is 172 g/mol. The maximum atomic E-state index is 5.25. The lowest BCUT2D eigenvalue weighted by Crippen LogP contribution is -2.22. The van der Waals surface area contributed by atoms with Crippen molar-refractivity contribution in [2.75, 3.05) is 26.5 Å². The van der Waals surface area contributed by atoms with E-state index in [2.05, 4.69) is 12.2 Å². The van der Waals surface area contributed by atoms with Gasteiger partial charge in [-0.25, -0.2) is 0 Å². The summed E-state index contributed by atoms with van der Waals surface area (Å²) in [6, 6.07) is 0. The van der Waals surface area contributed by atoms with Crippen LogP contribution in [0.15, 0.2) is 0 Å². The molecule has 12 heavy (non-hydrogen) atoms. The summed E-state index contributed by atoms with van der Waals surface area (Å²) in [5.41, 5.74) is 0. The minimum atomic E-state index is 0.173. The summed E-state index contributed by atoms with van der Waals surface area (Å²) in [4.78, 5) is 0. The molecule has 5 heteroatoms. The molecule has 0 saturated carbocycles. The Kier molecular flexibility index (Phi) is 5.35. The van der Waals surface area contributed by atoms with E-state index in [9.17, 15) is 0 Å². The van der Waals surface area contributed by atoms with Crippen LogP contribution in [0.5, 0.6) is 0 Å². The molecular weight excluding hydrogens is 157 g/mol. The zero-order chi connectivity index (χ0) is 8.65. The molecule has 1 heterocycles. The molecular formula is C7H15BNO3. The fourth-order valence-corrected chi connectivity index (χ4v) is 0.923. The summed E-state index contributed by atoms with van der Waals surface area (Å²) in [7, 11) is 1.39. The largest absolute Gasteiger partial charge is 0.488 e. The van der Waals surface area contributed by atoms with Crippen LogP contribution in [0.25, 0.3) is 0 Å². The van der Waals surface area contributed by atoms with Crippen molar-refractivity contribution in [2.45, 2.75) is 19.4 Å². The van der Waals surface area contributed by atoms with Crippen LogP contribution in [-0.4, -0.2) is 40.3 Å². The Morgan fingerprint density at radius 3 is 3.17 bits per heavy atom. The van der Waals surface area contributed by atoms with E-state index >= 15 is 0 Å². The first-order valence-corrected chi connectivity index (χ1v) is 4.30. The molecule has 1 fully saturated rings. The van der Waals surface area contributed by atoms with E-state index in [4.69, 9.17) is 14.0 Å². The summed E-state index contributed by atoms with van der Waals surface area (Å²) in [5, 5.41) is 3.07. The lowest BCUT2D eigenvalue weighted by molar-refractivity contribution is 0.0641. The molecule has 69 valence electrons. The van der Waals surface area contributed by atoms with Crippen molar-refractivity contribution in [3.63, 3.8) is 0 Å². The van der Waals surface area contributed by atoms with Crippen molar-refractivity contribution in [1.82, 2.24) is 5.32 Å². The molecule has 1 aliphatic rings. The number of ether oxygens (including phenoxy) is 1. The second-order valence-corrected chi connectivity index (χ2v) is 2.69. The number of hydrogen-bond acceptors (Lipinski definition) is 4. The first-order valence-electron chi connectivity index (χ1n) is 4.30. The van der Waals surface area contributed by atoms with Gasteiger partial charge in [-0.2, -0.15) is 0 Å². The molecule has 0 aliphatic carbocycles. The Morgan fingerprint density at radius 2 is 2.50 bits per heavy atom. The van der Waals surface area contributed by atoms with Gasteiger partial charge in [0.15, 0.2) is 0 Å². The highest BCUT2D eigenvalue weighted by Crippen LogP contribution is 1.96. The molecule has 0 aromatic carbocycles. The van der Waals surface area contributed by atoms with E-state index in [1.807, 2.05) is 0 Å². The minimum absolute atomic E-state index is 0.173. The molecule has 0 bridgehead atoms. The lowest BCUT2D eigenvalue weighted by atomic mass is 10.3. The van der Waals surface area contributed by atoms with Crippen LogP contribution in [0, 0.1) is 0 Å². The standard InChI is InChI=1S/C7H15BNO3/c1-2-3-11-8-12-5-7-4-9-6-10-7/h7,9H,2-6H2,1H3. The highest BCUT2D eigenvalue weighted by molar-refractivity contribution is 6.17. The molecule has 1 radical (unpaired) electrons. The molecule has 1 atom stereocenters. The monoisotopic (exact) mass is 172 g/mol. The van der Waals surface area contributed by atoms with E-state index in [0.717, 1.165) is 13.0 Å². The fraction of sp³-hybridized carbons (Fsp3) is 1.00. The molecule has 0 spiro atoms. The Labute approximate surface area is 73.9 Å². The van der Waals surface area contributed by atoms with Gasteiger partial charge in [-0.1, -0.05) is 6.92 Å². The van der Waals surface area contributed by atoms with Gasteiger partial charge in [0.05, 0.1) is 19.4 Å². The van der Waals surface area contributed by atoms with Crippen molar-refractivity contribution in [3.8, 4) is 0 Å². The molecule has 0 aromatic heterocycles. The normalized spacial score (nSPS) is 22.9. The predicted octanol–water partition coefficient (Wildman–Crippen LogP) is -0.0903. The van der Waals surface area contributed by atoms with E-state index in [-0.39, 0.29) is 6.10 Å². The zero-order valence-corrected chi connectivity index (χ0v) is 7.41. The SMILES string of the molecule is CCCO[B]OCC1CNCO1. The average Bonchev–Trinajstić information content (AvgIpc) is 2.57. The molecule has 1 saturated heterocycles. The van der Waals surface area contributed by atoms with Crippen molar-refractivity contribution in [2.24, 2.45) is 0 Å². The maximum Gasteiger partial charge on any atom is 0.488 e. The summed E-state index contributed by atoms with van der Waals surface area (Å²) < 4.78 is 15.4. The molecule has 0 amide bonds. The fourth-order valence-electron chi connectivity index (χ4n) is 0.923. The van der Waals surface area contributed by atoms with Crippen molar-refractivity contribution in [3.05, 3.63) is 0 Å². The Morgan fingerprint density at radius 1 is 1.58 bits per heavy atom. The maximum absolute atomic E-state index is 5.25. The van der Waals surface area contributed by atoms with Gasteiger partial charge in [0.2, 0.25) is 0 Å². The highest BCUT2D eigenvalue weighted by Gasteiger charge is 2.14. The van der Waals surface area contributed by atoms with Gasteiger partial charge in [-0.15, -0.1) is 0 Å². The lowest BCUT2D eigenvalue weighted by Gasteiger charge is -2.07. The first-order chi connectivity index (χ1) is 5.93. The minimum Gasteiger partial charge on any atom is -0.413 e. The van der Waals surface area contributed by atoms with Crippen molar-refractivity contribution >= 4 is 7.69 Å². The zero-order valence-electron chi connectivity index (χ0n) is 7.41. The number of rotatable bonds is 6. The summed E-state index contributed by atoms with van der Waals surface area (Å²) in [5.74, 6) is 0. The van der Waals surface area contributed by atoms with Crippen LogP contribution in [0.2, 0.25) is 0 Å². The molecule has 1 unspecified atom stereocenters. The van der Waals surface area contributed by atoms with E-state index in [1.165, 1.54) is 7.69 Å². The third-order valence-electron chi connectivity index (χ3n) is 1.53. The summed E-state index contributed by atoms with van der Waals surface area (Å²) in [6.45, 7) is 4.82. The van der Waals surface area contributed by atoms with Gasteiger partial charge in [-0.3, -0.25) is 5.32 Å². The number of hydrogen-bond donors (Lipinski definition) is 1. The van der Waals surface area contributed by atoms with Gasteiger partial charge in [0.25, 0.3) is 0 Å². The van der Waals surface area contributed by atoms with Crippen LogP contribution >= 0.6 is 0 Å². The van der Waals surface area contributed by atoms with E-state index in [1.54, 1.807) is 0 Å². The Balaban J connectivity index is 1.81. The number of nitrogens with one attached hydrogen (secondary N) is 1. The topological polar surface area (TPSA) is 39.7 Å². The quantitative estimate of drug-likeness (QED) is 0.449. The molecule has 0 aromatic rings. The molecule has 4 nitrogen and oxygen atoms in total. The smallest absolute Gasteiger partial charge is 0.413 e. The molecule has 1 rings (SSSR count). The van der Waals surface area contributed by atoms with Crippen LogP contribution in [-0.2, 0) is 14.0 Å². The van der Waals surface area contributed by atoms with Gasteiger partial charge >= 0.3 is 7.69 Å². The van der Waals surface area contributed by atoms with Crippen molar-refractivity contribution < 1.29 is 14.0 Å². The highest BCUT2D eigenvalue weighted by atomic mass is 16.6. The van der Waals surface area contributed by atoms with Gasteiger partial charge in [0.1, 0.15) is 0 Å². The van der Waals surface area contributed by atoms with E-state index in [0.29, 0.717) is 19.9 Å². The van der Waals surface area contributed by atoms with E-state index < -0.39 is 0 Å². The van der Waals surface area contributed by atoms with Crippen LogP contribution in [0.4, 0.5) is 0 Å². The first kappa shape index (κ1) is 9.99. The van der Waals surface area contributed by atoms with Crippen LogP contribution in [0.1, 0.15) is 13.3 Å². The van der Waals surface area contributed by atoms with Gasteiger partial charge in [-0.05, 0) is 6.42 Å². The van der Waals surface area contributed by atoms with Gasteiger partial charge < -0.3 is 14.0 Å². The Hall–Kier alpha value is -0.0951. The predicted molar refractivity (Wildman–Crippen MR) is 45.7 cm³/mol. The molecule has 1 aliphatic heterocycles. The third kappa shape index (κ3) is 4.06. The second kappa shape index (κ2) is 6.42. The summed E-state index contributed by atoms with van der Waals surface area (Å²) in [6.07, 6.45) is 1.17. The summed E-state index contributed by atoms with van der Waals surface area (Å²) >= 11 is 0. The Bertz CT molecular complexity index is 109.